The molecular formula is C21H22N6O4S. The molecule has 2 heterocycles. The summed E-state index contributed by atoms with van der Waals surface area (Å²) in [4.78, 5) is 0. The van der Waals surface area contributed by atoms with Gasteiger partial charge in [-0.1, -0.05) is 29.5 Å². The quantitative estimate of drug-likeness (QED) is 0.366. The SMILES string of the molecule is COc1cc(-c2nnc(CSc3nnnn3-c3ccc(C)cc3C)o2)cc(OC)c1OC. The number of benzene rings is 2. The predicted octanol–water partition coefficient (Wildman–Crippen LogP) is 3.65. The molecule has 0 amide bonds. The van der Waals surface area contributed by atoms with Crippen LogP contribution in [0.5, 0.6) is 17.2 Å². The van der Waals surface area contributed by atoms with Crippen LogP contribution in [0.3, 0.4) is 0 Å². The second-order valence-corrected chi connectivity index (χ2v) is 7.81. The van der Waals surface area contributed by atoms with Crippen molar-refractivity contribution in [1.29, 1.82) is 0 Å². The van der Waals surface area contributed by atoms with E-state index in [9.17, 15) is 0 Å². The fraction of sp³-hybridized carbons (Fsp3) is 0.286. The van der Waals surface area contributed by atoms with Crippen LogP contribution in [0.1, 0.15) is 17.0 Å². The normalized spacial score (nSPS) is 10.9. The Kier molecular flexibility index (Phi) is 6.26. The first-order chi connectivity index (χ1) is 15.5. The van der Waals surface area contributed by atoms with Gasteiger partial charge < -0.3 is 18.6 Å². The van der Waals surface area contributed by atoms with Gasteiger partial charge in [0.05, 0.1) is 32.8 Å². The van der Waals surface area contributed by atoms with Crippen molar-refractivity contribution < 1.29 is 18.6 Å². The van der Waals surface area contributed by atoms with E-state index in [0.717, 1.165) is 11.3 Å². The molecule has 0 bridgehead atoms. The molecule has 0 N–H and O–H groups in total. The molecule has 0 aliphatic rings. The number of aryl methyl sites for hydroxylation is 2. The van der Waals surface area contributed by atoms with Crippen molar-refractivity contribution in [2.45, 2.75) is 24.8 Å². The third-order valence-corrected chi connectivity index (χ3v) is 5.63. The van der Waals surface area contributed by atoms with Gasteiger partial charge in [-0.25, -0.2) is 0 Å². The summed E-state index contributed by atoms with van der Waals surface area (Å²) in [5.41, 5.74) is 3.84. The second-order valence-electron chi connectivity index (χ2n) is 6.87. The van der Waals surface area contributed by atoms with Crippen molar-refractivity contribution in [2.75, 3.05) is 21.3 Å². The smallest absolute Gasteiger partial charge is 0.248 e. The number of thioether (sulfide) groups is 1. The predicted molar refractivity (Wildman–Crippen MR) is 118 cm³/mol. The van der Waals surface area contributed by atoms with Gasteiger partial charge in [-0.2, -0.15) is 4.68 Å². The second kappa shape index (κ2) is 9.27. The molecule has 0 aliphatic heterocycles. The number of rotatable bonds is 8. The Morgan fingerprint density at radius 1 is 0.938 bits per heavy atom. The van der Waals surface area contributed by atoms with Gasteiger partial charge in [0.15, 0.2) is 11.5 Å². The lowest BCUT2D eigenvalue weighted by Crippen LogP contribution is -2.02. The Morgan fingerprint density at radius 2 is 1.69 bits per heavy atom. The van der Waals surface area contributed by atoms with E-state index < -0.39 is 0 Å². The summed E-state index contributed by atoms with van der Waals surface area (Å²) in [5.74, 6) is 2.69. The molecule has 0 saturated heterocycles. The van der Waals surface area contributed by atoms with E-state index in [4.69, 9.17) is 18.6 Å². The Bertz CT molecular complexity index is 1210. The zero-order valence-electron chi connectivity index (χ0n) is 18.3. The van der Waals surface area contributed by atoms with E-state index in [1.165, 1.54) is 17.3 Å². The number of aromatic nitrogens is 6. The molecule has 0 saturated carbocycles. The molecule has 10 nitrogen and oxygen atoms in total. The maximum absolute atomic E-state index is 5.85. The van der Waals surface area contributed by atoms with Gasteiger partial charge in [0, 0.05) is 5.56 Å². The number of tetrazole rings is 1. The minimum Gasteiger partial charge on any atom is -0.493 e. The summed E-state index contributed by atoms with van der Waals surface area (Å²) >= 11 is 1.41. The summed E-state index contributed by atoms with van der Waals surface area (Å²) in [6.45, 7) is 4.08. The standard InChI is InChI=1S/C21H22N6O4S/c1-12-6-7-15(13(2)8-12)27-21(24-25-26-27)32-11-18-22-23-20(31-18)14-9-16(28-3)19(30-5)17(10-14)29-4/h6-10H,11H2,1-5H3. The summed E-state index contributed by atoms with van der Waals surface area (Å²) < 4.78 is 23.7. The molecule has 0 spiro atoms. The first kappa shape index (κ1) is 21.6. The van der Waals surface area contributed by atoms with Gasteiger partial charge in [0.25, 0.3) is 0 Å². The maximum atomic E-state index is 5.85. The van der Waals surface area contributed by atoms with Crippen LogP contribution >= 0.6 is 11.8 Å². The van der Waals surface area contributed by atoms with Crippen LogP contribution in [0.15, 0.2) is 39.9 Å². The Morgan fingerprint density at radius 3 is 2.34 bits per heavy atom. The monoisotopic (exact) mass is 454 g/mol. The van der Waals surface area contributed by atoms with Crippen molar-refractivity contribution >= 4 is 11.8 Å². The van der Waals surface area contributed by atoms with E-state index in [1.54, 1.807) is 38.1 Å². The van der Waals surface area contributed by atoms with Crippen LogP contribution in [-0.4, -0.2) is 51.7 Å². The molecule has 32 heavy (non-hydrogen) atoms. The summed E-state index contributed by atoms with van der Waals surface area (Å²) in [6, 6.07) is 9.63. The van der Waals surface area contributed by atoms with Crippen molar-refractivity contribution in [3.05, 3.63) is 47.3 Å². The molecule has 0 atom stereocenters. The number of hydrogen-bond donors (Lipinski definition) is 0. The highest BCUT2D eigenvalue weighted by atomic mass is 32.2. The van der Waals surface area contributed by atoms with Gasteiger partial charge >= 0.3 is 0 Å². The lowest BCUT2D eigenvalue weighted by atomic mass is 10.1. The largest absolute Gasteiger partial charge is 0.493 e. The highest BCUT2D eigenvalue weighted by molar-refractivity contribution is 7.98. The topological polar surface area (TPSA) is 110 Å². The zero-order valence-corrected chi connectivity index (χ0v) is 19.1. The summed E-state index contributed by atoms with van der Waals surface area (Å²) in [6.07, 6.45) is 0. The van der Waals surface area contributed by atoms with Crippen LogP contribution in [0.4, 0.5) is 0 Å². The Labute approximate surface area is 188 Å². The lowest BCUT2D eigenvalue weighted by molar-refractivity contribution is 0.324. The average molecular weight is 455 g/mol. The molecule has 2 aromatic carbocycles. The molecule has 0 aliphatic carbocycles. The van der Waals surface area contributed by atoms with Gasteiger partial charge in [0.2, 0.25) is 22.7 Å². The molecule has 0 fully saturated rings. The van der Waals surface area contributed by atoms with E-state index >= 15 is 0 Å². The Hall–Kier alpha value is -3.60. The molecule has 11 heteroatoms. The van der Waals surface area contributed by atoms with Crippen LogP contribution in [-0.2, 0) is 5.75 Å². The summed E-state index contributed by atoms with van der Waals surface area (Å²) in [5, 5.41) is 21.0. The van der Waals surface area contributed by atoms with Crippen molar-refractivity contribution in [3.8, 4) is 34.4 Å². The molecule has 166 valence electrons. The van der Waals surface area contributed by atoms with E-state index in [0.29, 0.717) is 45.5 Å². The Balaban J connectivity index is 1.54. The van der Waals surface area contributed by atoms with Crippen molar-refractivity contribution in [2.24, 2.45) is 0 Å². The van der Waals surface area contributed by atoms with Gasteiger partial charge in [-0.3, -0.25) is 0 Å². The molecule has 4 rings (SSSR count). The fourth-order valence-electron chi connectivity index (χ4n) is 3.22. The molecule has 0 unspecified atom stereocenters. The van der Waals surface area contributed by atoms with Crippen molar-refractivity contribution in [1.82, 2.24) is 30.4 Å². The number of hydrogen-bond acceptors (Lipinski definition) is 10. The van der Waals surface area contributed by atoms with E-state index in [2.05, 4.69) is 31.8 Å². The molecule has 2 aromatic heterocycles. The minimum absolute atomic E-state index is 0.342. The minimum atomic E-state index is 0.342. The van der Waals surface area contributed by atoms with Crippen molar-refractivity contribution in [3.63, 3.8) is 0 Å². The van der Waals surface area contributed by atoms with Gasteiger partial charge in [-0.15, -0.1) is 15.3 Å². The number of nitrogens with zero attached hydrogens (tertiary/aromatic N) is 6. The van der Waals surface area contributed by atoms with Gasteiger partial charge in [0.1, 0.15) is 0 Å². The van der Waals surface area contributed by atoms with E-state index in [-0.39, 0.29) is 0 Å². The molecule has 0 radical (unpaired) electrons. The first-order valence-corrected chi connectivity index (χ1v) is 10.6. The fourth-order valence-corrected chi connectivity index (χ4v) is 3.94. The average Bonchev–Trinajstić information content (AvgIpc) is 3.46. The molecular weight excluding hydrogens is 432 g/mol. The zero-order chi connectivity index (χ0) is 22.7. The van der Waals surface area contributed by atoms with Crippen LogP contribution < -0.4 is 14.2 Å². The third-order valence-electron chi connectivity index (χ3n) is 4.72. The van der Waals surface area contributed by atoms with Gasteiger partial charge in [-0.05, 0) is 48.0 Å². The molecule has 4 aromatic rings. The van der Waals surface area contributed by atoms with Crippen LogP contribution in [0.25, 0.3) is 17.1 Å². The third kappa shape index (κ3) is 4.24. The first-order valence-electron chi connectivity index (χ1n) is 9.65. The van der Waals surface area contributed by atoms with Crippen LogP contribution in [0.2, 0.25) is 0 Å². The van der Waals surface area contributed by atoms with E-state index in [1.807, 2.05) is 26.0 Å². The van der Waals surface area contributed by atoms with Crippen LogP contribution in [0, 0.1) is 13.8 Å². The summed E-state index contributed by atoms with van der Waals surface area (Å²) in [7, 11) is 4.65. The lowest BCUT2D eigenvalue weighted by Gasteiger charge is -2.12. The highest BCUT2D eigenvalue weighted by Crippen LogP contribution is 2.41. The maximum Gasteiger partial charge on any atom is 0.248 e. The number of methoxy groups -OCH3 is 3. The number of ether oxygens (including phenoxy) is 3. The highest BCUT2D eigenvalue weighted by Gasteiger charge is 2.18.